The Bertz CT molecular complexity index is 419. The van der Waals surface area contributed by atoms with Gasteiger partial charge in [0.25, 0.3) is 0 Å². The molecule has 1 heterocycles. The lowest BCUT2D eigenvalue weighted by Gasteiger charge is -2.27. The first kappa shape index (κ1) is 14.3. The van der Waals surface area contributed by atoms with Crippen LogP contribution >= 0.6 is 11.6 Å². The molecule has 1 aliphatic heterocycles. The predicted octanol–water partition coefficient (Wildman–Crippen LogP) is 0.904. The topological polar surface area (TPSA) is 44.4 Å². The molecule has 1 fully saturated rings. The van der Waals surface area contributed by atoms with E-state index in [1.165, 1.54) is 0 Å². The highest BCUT2D eigenvalue weighted by atomic mass is 35.5. The Labute approximate surface area is 119 Å². The molecule has 19 heavy (non-hydrogen) atoms. The molecule has 2 N–H and O–H groups in total. The number of carbonyl (C=O) groups is 1. The molecule has 1 aliphatic rings. The Morgan fingerprint density at radius 1 is 1.32 bits per heavy atom. The van der Waals surface area contributed by atoms with Crippen LogP contribution in [-0.4, -0.2) is 50.1 Å². The number of amides is 1. The molecule has 0 atom stereocenters. The van der Waals surface area contributed by atoms with E-state index in [4.69, 9.17) is 11.6 Å². The number of nitrogens with one attached hydrogen (secondary N) is 2. The van der Waals surface area contributed by atoms with Crippen molar-refractivity contribution in [3.8, 4) is 0 Å². The third kappa shape index (κ3) is 4.82. The summed E-state index contributed by atoms with van der Waals surface area (Å²) in [5.74, 6) is 0.0308. The van der Waals surface area contributed by atoms with E-state index in [-0.39, 0.29) is 5.91 Å². The van der Waals surface area contributed by atoms with Gasteiger partial charge >= 0.3 is 0 Å². The summed E-state index contributed by atoms with van der Waals surface area (Å²) in [7, 11) is 0. The standard InChI is InChI=1S/C14H20ClN3O/c15-13-4-2-1-3-12(13)11-14(19)17-7-10-18-8-5-16-6-9-18/h1-4,16H,5-11H2,(H,17,19). The fourth-order valence-electron chi connectivity index (χ4n) is 2.17. The van der Waals surface area contributed by atoms with Crippen molar-refractivity contribution >= 4 is 17.5 Å². The number of halogens is 1. The number of rotatable bonds is 5. The zero-order valence-electron chi connectivity index (χ0n) is 11.0. The second-order valence-electron chi connectivity index (χ2n) is 4.71. The van der Waals surface area contributed by atoms with Crippen molar-refractivity contribution in [3.05, 3.63) is 34.9 Å². The third-order valence-electron chi connectivity index (χ3n) is 3.27. The molecule has 0 spiro atoms. The number of carbonyl (C=O) groups excluding carboxylic acids is 1. The highest BCUT2D eigenvalue weighted by Crippen LogP contribution is 2.15. The van der Waals surface area contributed by atoms with Crippen LogP contribution in [0.5, 0.6) is 0 Å². The second-order valence-corrected chi connectivity index (χ2v) is 5.12. The number of hydrogen-bond acceptors (Lipinski definition) is 3. The lowest BCUT2D eigenvalue weighted by molar-refractivity contribution is -0.120. The van der Waals surface area contributed by atoms with Crippen LogP contribution in [0.15, 0.2) is 24.3 Å². The molecule has 1 saturated heterocycles. The van der Waals surface area contributed by atoms with E-state index < -0.39 is 0 Å². The van der Waals surface area contributed by atoms with E-state index in [0.717, 1.165) is 38.3 Å². The quantitative estimate of drug-likeness (QED) is 0.843. The van der Waals surface area contributed by atoms with Gasteiger partial charge in [0.1, 0.15) is 0 Å². The average Bonchev–Trinajstić information content (AvgIpc) is 2.43. The largest absolute Gasteiger partial charge is 0.355 e. The molecule has 104 valence electrons. The molecule has 0 unspecified atom stereocenters. The summed E-state index contributed by atoms with van der Waals surface area (Å²) in [4.78, 5) is 14.2. The molecular formula is C14H20ClN3O. The van der Waals surface area contributed by atoms with Gasteiger partial charge in [-0.25, -0.2) is 0 Å². The highest BCUT2D eigenvalue weighted by Gasteiger charge is 2.10. The van der Waals surface area contributed by atoms with Crippen molar-refractivity contribution in [1.29, 1.82) is 0 Å². The monoisotopic (exact) mass is 281 g/mol. The lowest BCUT2D eigenvalue weighted by Crippen LogP contribution is -2.46. The molecule has 4 nitrogen and oxygen atoms in total. The number of benzene rings is 1. The molecule has 0 aliphatic carbocycles. The van der Waals surface area contributed by atoms with Crippen molar-refractivity contribution in [3.63, 3.8) is 0 Å². The van der Waals surface area contributed by atoms with E-state index in [2.05, 4.69) is 15.5 Å². The smallest absolute Gasteiger partial charge is 0.224 e. The number of nitrogens with zero attached hydrogens (tertiary/aromatic N) is 1. The Kier molecular flexibility index (Phi) is 5.63. The molecule has 0 radical (unpaired) electrons. The Hall–Kier alpha value is -1.10. The lowest BCUT2D eigenvalue weighted by atomic mass is 10.1. The molecule has 5 heteroatoms. The van der Waals surface area contributed by atoms with Gasteiger partial charge in [0.15, 0.2) is 0 Å². The van der Waals surface area contributed by atoms with Crippen molar-refractivity contribution in [1.82, 2.24) is 15.5 Å². The van der Waals surface area contributed by atoms with Crippen molar-refractivity contribution in [2.75, 3.05) is 39.3 Å². The van der Waals surface area contributed by atoms with Gasteiger partial charge < -0.3 is 10.6 Å². The number of piperazine rings is 1. The molecule has 1 aromatic carbocycles. The normalized spacial score (nSPS) is 16.3. The van der Waals surface area contributed by atoms with Crippen LogP contribution in [0.4, 0.5) is 0 Å². The summed E-state index contributed by atoms with van der Waals surface area (Å²) in [6.45, 7) is 5.79. The summed E-state index contributed by atoms with van der Waals surface area (Å²) in [6, 6.07) is 7.46. The molecule has 0 bridgehead atoms. The first-order valence-electron chi connectivity index (χ1n) is 6.69. The minimum absolute atomic E-state index is 0.0308. The zero-order chi connectivity index (χ0) is 13.5. The molecule has 0 aromatic heterocycles. The highest BCUT2D eigenvalue weighted by molar-refractivity contribution is 6.31. The maximum Gasteiger partial charge on any atom is 0.224 e. The fraction of sp³-hybridized carbons (Fsp3) is 0.500. The molecule has 1 aromatic rings. The SMILES string of the molecule is O=C(Cc1ccccc1Cl)NCCN1CCNCC1. The summed E-state index contributed by atoms with van der Waals surface area (Å²) < 4.78 is 0. The van der Waals surface area contributed by atoms with Crippen LogP contribution < -0.4 is 10.6 Å². The first-order valence-corrected chi connectivity index (χ1v) is 7.06. The number of hydrogen-bond donors (Lipinski definition) is 2. The van der Waals surface area contributed by atoms with Crippen LogP contribution in [0.25, 0.3) is 0 Å². The van der Waals surface area contributed by atoms with E-state index in [1.807, 2.05) is 24.3 Å². The van der Waals surface area contributed by atoms with Crippen LogP contribution in [0.2, 0.25) is 5.02 Å². The van der Waals surface area contributed by atoms with Gasteiger partial charge in [0, 0.05) is 44.3 Å². The summed E-state index contributed by atoms with van der Waals surface area (Å²) >= 11 is 6.03. The predicted molar refractivity (Wildman–Crippen MR) is 77.5 cm³/mol. The molecular weight excluding hydrogens is 262 g/mol. The molecule has 0 saturated carbocycles. The van der Waals surface area contributed by atoms with E-state index in [1.54, 1.807) is 0 Å². The minimum atomic E-state index is 0.0308. The molecule has 1 amide bonds. The van der Waals surface area contributed by atoms with E-state index >= 15 is 0 Å². The van der Waals surface area contributed by atoms with Gasteiger partial charge in [-0.1, -0.05) is 29.8 Å². The zero-order valence-corrected chi connectivity index (χ0v) is 11.7. The van der Waals surface area contributed by atoms with Crippen molar-refractivity contribution in [2.45, 2.75) is 6.42 Å². The van der Waals surface area contributed by atoms with Crippen LogP contribution in [-0.2, 0) is 11.2 Å². The second kappa shape index (κ2) is 7.48. The van der Waals surface area contributed by atoms with Gasteiger partial charge in [0.05, 0.1) is 6.42 Å². The minimum Gasteiger partial charge on any atom is -0.355 e. The van der Waals surface area contributed by atoms with Crippen molar-refractivity contribution < 1.29 is 4.79 Å². The summed E-state index contributed by atoms with van der Waals surface area (Å²) in [5.41, 5.74) is 0.879. The van der Waals surface area contributed by atoms with Crippen LogP contribution in [0, 0.1) is 0 Å². The Morgan fingerprint density at radius 2 is 2.05 bits per heavy atom. The Morgan fingerprint density at radius 3 is 2.79 bits per heavy atom. The first-order chi connectivity index (χ1) is 9.25. The Balaban J connectivity index is 1.68. The summed E-state index contributed by atoms with van der Waals surface area (Å²) in [6.07, 6.45) is 0.348. The maximum absolute atomic E-state index is 11.8. The summed E-state index contributed by atoms with van der Waals surface area (Å²) in [5, 5.41) is 6.91. The molecule has 2 rings (SSSR count). The van der Waals surface area contributed by atoms with Crippen molar-refractivity contribution in [2.24, 2.45) is 0 Å². The van der Waals surface area contributed by atoms with E-state index in [9.17, 15) is 4.79 Å². The van der Waals surface area contributed by atoms with Gasteiger partial charge in [-0.15, -0.1) is 0 Å². The van der Waals surface area contributed by atoms with E-state index in [0.29, 0.717) is 18.0 Å². The van der Waals surface area contributed by atoms with Gasteiger partial charge in [0.2, 0.25) is 5.91 Å². The third-order valence-corrected chi connectivity index (χ3v) is 3.64. The van der Waals surface area contributed by atoms with Gasteiger partial charge in [-0.3, -0.25) is 9.69 Å². The van der Waals surface area contributed by atoms with Gasteiger partial charge in [-0.05, 0) is 11.6 Å². The fourth-order valence-corrected chi connectivity index (χ4v) is 2.37. The van der Waals surface area contributed by atoms with Gasteiger partial charge in [-0.2, -0.15) is 0 Å². The van der Waals surface area contributed by atoms with Crippen LogP contribution in [0.1, 0.15) is 5.56 Å². The average molecular weight is 282 g/mol. The van der Waals surface area contributed by atoms with Crippen LogP contribution in [0.3, 0.4) is 0 Å². The maximum atomic E-state index is 11.8.